The fourth-order valence-electron chi connectivity index (χ4n) is 7.64. The molecule has 7 rings (SSSR count). The van der Waals surface area contributed by atoms with E-state index in [9.17, 15) is 39.4 Å². The third-order valence-corrected chi connectivity index (χ3v) is 9.58. The monoisotopic (exact) mass is 650 g/mol. The van der Waals surface area contributed by atoms with Crippen molar-refractivity contribution in [1.82, 2.24) is 0 Å². The Bertz CT molecular complexity index is 1930. The summed E-state index contributed by atoms with van der Waals surface area (Å²) in [5, 5.41) is 23.5. The first-order chi connectivity index (χ1) is 22.6. The van der Waals surface area contributed by atoms with Gasteiger partial charge in [-0.15, -0.1) is 0 Å². The Kier molecular flexibility index (Phi) is 6.80. The van der Waals surface area contributed by atoms with E-state index in [4.69, 9.17) is 9.47 Å². The van der Waals surface area contributed by atoms with Gasteiger partial charge in [-0.3, -0.25) is 39.4 Å². The molecule has 0 amide bonds. The molecule has 0 fully saturated rings. The van der Waals surface area contributed by atoms with Crippen molar-refractivity contribution < 1.29 is 38.5 Å². The average Bonchev–Trinajstić information content (AvgIpc) is 3.00. The van der Waals surface area contributed by atoms with Crippen LogP contribution in [-0.4, -0.2) is 33.0 Å². The van der Waals surface area contributed by atoms with Crippen LogP contribution in [0.4, 0.5) is 11.4 Å². The van der Waals surface area contributed by atoms with Gasteiger partial charge in [0.05, 0.1) is 21.0 Å². The highest BCUT2D eigenvalue weighted by Gasteiger charge is 2.54. The van der Waals surface area contributed by atoms with Crippen molar-refractivity contribution in [2.24, 2.45) is 10.8 Å². The zero-order chi connectivity index (χ0) is 34.4. The van der Waals surface area contributed by atoms with Crippen molar-refractivity contribution in [3.8, 4) is 0 Å². The van der Waals surface area contributed by atoms with E-state index in [2.05, 4.69) is 0 Å². The molecule has 2 aromatic rings. The maximum atomic E-state index is 14.8. The van der Waals surface area contributed by atoms with Gasteiger partial charge in [-0.25, -0.2) is 0 Å². The zero-order valence-electron chi connectivity index (χ0n) is 26.6. The number of ether oxygens (including phenoxy) is 2. The standard InChI is InChI=1S/C36H30N2O10/c1-35(2)13-21(39)27-23(15-35)47-33-29(25(27)17-7-5-9-19(11-17)37(43)44)32(42)34-30(31(33)41)26(18-8-6-10-20(12-18)38(45)46)28-22(40)14-36(3,4)16-24(28)48-34/h5-12,25-26H,13-16H2,1-4H3. The molecule has 0 spiro atoms. The van der Waals surface area contributed by atoms with Crippen molar-refractivity contribution in [2.75, 3.05) is 0 Å². The maximum absolute atomic E-state index is 14.8. The normalized spacial score (nSPS) is 24.3. The molecule has 244 valence electrons. The van der Waals surface area contributed by atoms with Crippen LogP contribution in [-0.2, 0) is 28.7 Å². The number of benzene rings is 2. The lowest BCUT2D eigenvalue weighted by molar-refractivity contribution is -0.385. The van der Waals surface area contributed by atoms with E-state index in [1.807, 2.05) is 27.7 Å². The van der Waals surface area contributed by atoms with E-state index >= 15 is 0 Å². The summed E-state index contributed by atoms with van der Waals surface area (Å²) in [6.07, 6.45) is 0.741. The van der Waals surface area contributed by atoms with Gasteiger partial charge >= 0.3 is 0 Å². The number of non-ortho nitro benzene ring substituents is 2. The maximum Gasteiger partial charge on any atom is 0.269 e. The Morgan fingerprint density at radius 2 is 0.979 bits per heavy atom. The summed E-state index contributed by atoms with van der Waals surface area (Å²) in [4.78, 5) is 79.5. The van der Waals surface area contributed by atoms with Crippen molar-refractivity contribution in [3.05, 3.63) is 125 Å². The number of ketones is 4. The van der Waals surface area contributed by atoms with Gasteiger partial charge in [0.25, 0.3) is 11.4 Å². The number of carbonyl (C=O) groups excluding carboxylic acids is 4. The fraction of sp³-hybridized carbons (Fsp3) is 0.333. The smallest absolute Gasteiger partial charge is 0.269 e. The van der Waals surface area contributed by atoms with Gasteiger partial charge in [0.15, 0.2) is 23.1 Å². The molecule has 2 aliphatic heterocycles. The third kappa shape index (κ3) is 4.81. The first kappa shape index (κ1) is 31.1. The number of nitrogens with zero attached hydrogens (tertiary/aromatic N) is 2. The molecule has 2 heterocycles. The molecule has 0 saturated carbocycles. The van der Waals surface area contributed by atoms with Crippen LogP contribution in [0.3, 0.4) is 0 Å². The van der Waals surface area contributed by atoms with Gasteiger partial charge in [-0.1, -0.05) is 52.0 Å². The number of Topliss-reactive ketones (excluding diaryl/α,β-unsaturated/α-hetero) is 4. The minimum absolute atomic E-state index is 0.123. The molecule has 2 unspecified atom stereocenters. The van der Waals surface area contributed by atoms with Crippen LogP contribution >= 0.6 is 0 Å². The summed E-state index contributed by atoms with van der Waals surface area (Å²) < 4.78 is 12.5. The van der Waals surface area contributed by atoms with Gasteiger partial charge in [0.1, 0.15) is 11.5 Å². The Morgan fingerprint density at radius 1 is 0.604 bits per heavy atom. The molecular weight excluding hydrogens is 620 g/mol. The molecule has 12 heteroatoms. The molecule has 3 aliphatic carbocycles. The lowest BCUT2D eigenvalue weighted by atomic mass is 9.65. The van der Waals surface area contributed by atoms with E-state index in [-0.39, 0.29) is 105 Å². The van der Waals surface area contributed by atoms with E-state index in [0.29, 0.717) is 0 Å². The van der Waals surface area contributed by atoms with Crippen LogP contribution in [0.2, 0.25) is 0 Å². The second-order valence-corrected chi connectivity index (χ2v) is 14.5. The first-order valence-electron chi connectivity index (χ1n) is 15.5. The molecule has 0 bridgehead atoms. The third-order valence-electron chi connectivity index (χ3n) is 9.58. The molecule has 5 aliphatic rings. The molecular formula is C36H30N2O10. The summed E-state index contributed by atoms with van der Waals surface area (Å²) in [7, 11) is 0. The fourth-order valence-corrected chi connectivity index (χ4v) is 7.64. The van der Waals surface area contributed by atoms with Crippen molar-refractivity contribution in [1.29, 1.82) is 0 Å². The lowest BCUT2D eigenvalue weighted by Crippen LogP contribution is -2.41. The van der Waals surface area contributed by atoms with Crippen molar-refractivity contribution in [3.63, 3.8) is 0 Å². The summed E-state index contributed by atoms with van der Waals surface area (Å²) in [6, 6.07) is 11.1. The number of hydrogen-bond donors (Lipinski definition) is 0. The van der Waals surface area contributed by atoms with Gasteiger partial charge in [-0.2, -0.15) is 0 Å². The Labute approximate surface area is 274 Å². The minimum atomic E-state index is -1.17. The molecule has 12 nitrogen and oxygen atoms in total. The zero-order valence-corrected chi connectivity index (χ0v) is 26.6. The summed E-state index contributed by atoms with van der Waals surface area (Å²) >= 11 is 0. The van der Waals surface area contributed by atoms with E-state index < -0.39 is 44.1 Å². The van der Waals surface area contributed by atoms with Gasteiger partial charge in [0.2, 0.25) is 11.6 Å². The number of hydrogen-bond acceptors (Lipinski definition) is 10. The SMILES string of the molecule is CC1(C)CC(=O)C2=C(C1)OC1=C(C(=O)C3=C(C1=O)C(c1cccc([N+](=O)[O-])c1)C1=C(CC(C)(C)CC1=O)O3)C2c1cccc([N+](=O)[O-])c1. The largest absolute Gasteiger partial charge is 0.457 e. The summed E-state index contributed by atoms with van der Waals surface area (Å²) in [5.74, 6) is -4.82. The summed E-state index contributed by atoms with van der Waals surface area (Å²) in [6.45, 7) is 7.49. The van der Waals surface area contributed by atoms with Crippen LogP contribution in [0, 0.1) is 31.1 Å². The van der Waals surface area contributed by atoms with Crippen LogP contribution in [0.1, 0.15) is 76.3 Å². The van der Waals surface area contributed by atoms with Crippen molar-refractivity contribution >= 4 is 34.5 Å². The van der Waals surface area contributed by atoms with Crippen LogP contribution in [0.25, 0.3) is 0 Å². The van der Waals surface area contributed by atoms with E-state index in [1.165, 1.54) is 36.4 Å². The van der Waals surface area contributed by atoms with Crippen LogP contribution in [0.15, 0.2) is 93.9 Å². The molecule has 0 aromatic heterocycles. The summed E-state index contributed by atoms with van der Waals surface area (Å²) in [5.41, 5.74) is -1.18. The number of nitro benzene ring substituents is 2. The molecule has 0 saturated heterocycles. The minimum Gasteiger partial charge on any atom is -0.457 e. The van der Waals surface area contributed by atoms with Gasteiger partial charge < -0.3 is 9.47 Å². The predicted octanol–water partition coefficient (Wildman–Crippen LogP) is 6.38. The number of nitro groups is 2. The average molecular weight is 651 g/mol. The number of carbonyl (C=O) groups is 4. The van der Waals surface area contributed by atoms with Gasteiger partial charge in [-0.05, 0) is 22.0 Å². The molecule has 2 atom stereocenters. The Hall–Kier alpha value is -5.52. The topological polar surface area (TPSA) is 173 Å². The number of rotatable bonds is 4. The Balaban J connectivity index is 1.45. The molecule has 48 heavy (non-hydrogen) atoms. The highest BCUT2D eigenvalue weighted by molar-refractivity contribution is 6.27. The lowest BCUT2D eigenvalue weighted by Gasteiger charge is -2.43. The predicted molar refractivity (Wildman–Crippen MR) is 168 cm³/mol. The quantitative estimate of drug-likeness (QED) is 0.205. The van der Waals surface area contributed by atoms with Crippen LogP contribution in [0.5, 0.6) is 0 Å². The Morgan fingerprint density at radius 3 is 1.33 bits per heavy atom. The van der Waals surface area contributed by atoms with Crippen molar-refractivity contribution in [2.45, 2.75) is 65.2 Å². The number of allylic oxidation sites excluding steroid dienone is 6. The molecule has 0 radical (unpaired) electrons. The first-order valence-corrected chi connectivity index (χ1v) is 15.5. The molecule has 0 N–H and O–H groups in total. The highest BCUT2D eigenvalue weighted by atomic mass is 16.6. The second kappa shape index (κ2) is 10.5. The molecule has 2 aromatic carbocycles. The van der Waals surface area contributed by atoms with Gasteiger partial charge in [0, 0.05) is 72.9 Å². The van der Waals surface area contributed by atoms with Crippen LogP contribution < -0.4 is 0 Å². The van der Waals surface area contributed by atoms with E-state index in [0.717, 1.165) is 0 Å². The second-order valence-electron chi connectivity index (χ2n) is 14.5. The highest BCUT2D eigenvalue weighted by Crippen LogP contribution is 2.56. The van der Waals surface area contributed by atoms with E-state index in [1.54, 1.807) is 12.1 Å².